The Morgan fingerprint density at radius 3 is 2.68 bits per heavy atom. The van der Waals surface area contributed by atoms with Crippen LogP contribution in [0.3, 0.4) is 0 Å². The minimum atomic E-state index is -0.0331. The fourth-order valence-electron chi connectivity index (χ4n) is 1.58. The number of hydrogen-bond donors (Lipinski definition) is 2. The zero-order chi connectivity index (χ0) is 13.5. The zero-order valence-corrected chi connectivity index (χ0v) is 11.1. The molecule has 0 radical (unpaired) electrons. The van der Waals surface area contributed by atoms with E-state index in [1.807, 2.05) is 12.1 Å². The largest absolute Gasteiger partial charge is 0.468 e. The summed E-state index contributed by atoms with van der Waals surface area (Å²) in [5, 5.41) is 6.59. The van der Waals surface area contributed by atoms with E-state index < -0.39 is 0 Å². The van der Waals surface area contributed by atoms with Crippen LogP contribution in [0.1, 0.15) is 12.2 Å². The third-order valence-corrected chi connectivity index (χ3v) is 2.79. The zero-order valence-electron chi connectivity index (χ0n) is 10.4. The highest BCUT2D eigenvalue weighted by Crippen LogP contribution is 2.13. The van der Waals surface area contributed by atoms with Crippen molar-refractivity contribution in [2.45, 2.75) is 13.0 Å². The van der Waals surface area contributed by atoms with Gasteiger partial charge in [-0.2, -0.15) is 0 Å². The normalized spacial score (nSPS) is 10.4. The summed E-state index contributed by atoms with van der Waals surface area (Å²) in [6.07, 6.45) is 2.04. The molecule has 2 aromatic rings. The van der Waals surface area contributed by atoms with Crippen molar-refractivity contribution in [3.8, 4) is 0 Å². The maximum Gasteiger partial charge on any atom is 0.225 e. The van der Waals surface area contributed by atoms with E-state index in [0.29, 0.717) is 24.5 Å². The SMILES string of the molecule is O=C(CCNCc1ccco1)Nc1ccc(Cl)cc1. The van der Waals surface area contributed by atoms with Crippen molar-refractivity contribution < 1.29 is 9.21 Å². The number of benzene rings is 1. The number of anilines is 1. The number of nitrogens with one attached hydrogen (secondary N) is 2. The summed E-state index contributed by atoms with van der Waals surface area (Å²) < 4.78 is 5.17. The van der Waals surface area contributed by atoms with Crippen LogP contribution in [-0.2, 0) is 11.3 Å². The van der Waals surface area contributed by atoms with Crippen LogP contribution < -0.4 is 10.6 Å². The number of amides is 1. The van der Waals surface area contributed by atoms with Crippen LogP contribution in [0.4, 0.5) is 5.69 Å². The molecule has 0 bridgehead atoms. The van der Waals surface area contributed by atoms with E-state index in [0.717, 1.165) is 11.4 Å². The number of rotatable bonds is 6. The van der Waals surface area contributed by atoms with E-state index in [2.05, 4.69) is 10.6 Å². The second-order valence-electron chi connectivity index (χ2n) is 4.06. The van der Waals surface area contributed by atoms with Gasteiger partial charge in [0.1, 0.15) is 5.76 Å². The summed E-state index contributed by atoms with van der Waals surface area (Å²) in [6.45, 7) is 1.22. The number of furan rings is 1. The molecule has 1 heterocycles. The summed E-state index contributed by atoms with van der Waals surface area (Å²) in [4.78, 5) is 11.7. The molecule has 2 rings (SSSR count). The van der Waals surface area contributed by atoms with Crippen molar-refractivity contribution >= 4 is 23.2 Å². The number of carbonyl (C=O) groups is 1. The Kier molecular flexibility index (Phi) is 5.01. The van der Waals surface area contributed by atoms with Gasteiger partial charge in [-0.05, 0) is 36.4 Å². The lowest BCUT2D eigenvalue weighted by Gasteiger charge is -2.05. The standard InChI is InChI=1S/C14H15ClN2O2/c15-11-3-5-12(6-4-11)17-14(18)7-8-16-10-13-2-1-9-19-13/h1-6,9,16H,7-8,10H2,(H,17,18). The lowest BCUT2D eigenvalue weighted by Crippen LogP contribution is -2.21. The topological polar surface area (TPSA) is 54.3 Å². The van der Waals surface area contributed by atoms with Gasteiger partial charge in [0.15, 0.2) is 0 Å². The van der Waals surface area contributed by atoms with Crippen molar-refractivity contribution in [2.24, 2.45) is 0 Å². The molecule has 19 heavy (non-hydrogen) atoms. The van der Waals surface area contributed by atoms with Crippen molar-refractivity contribution in [3.05, 3.63) is 53.4 Å². The monoisotopic (exact) mass is 278 g/mol. The second-order valence-corrected chi connectivity index (χ2v) is 4.50. The molecular formula is C14H15ClN2O2. The highest BCUT2D eigenvalue weighted by atomic mass is 35.5. The molecule has 0 aliphatic carbocycles. The molecule has 0 saturated carbocycles. The molecule has 0 fully saturated rings. The highest BCUT2D eigenvalue weighted by molar-refractivity contribution is 6.30. The van der Waals surface area contributed by atoms with Crippen LogP contribution in [0, 0.1) is 0 Å². The van der Waals surface area contributed by atoms with Gasteiger partial charge in [-0.3, -0.25) is 4.79 Å². The van der Waals surface area contributed by atoms with Crippen LogP contribution in [0.2, 0.25) is 5.02 Å². The Labute approximate surface area is 116 Å². The predicted octanol–water partition coefficient (Wildman–Crippen LogP) is 3.05. The molecule has 0 unspecified atom stereocenters. The molecule has 0 spiro atoms. The Morgan fingerprint density at radius 1 is 1.21 bits per heavy atom. The Morgan fingerprint density at radius 2 is 2.00 bits per heavy atom. The number of carbonyl (C=O) groups excluding carboxylic acids is 1. The lowest BCUT2D eigenvalue weighted by molar-refractivity contribution is -0.116. The van der Waals surface area contributed by atoms with E-state index in [-0.39, 0.29) is 5.91 Å². The first-order chi connectivity index (χ1) is 9.24. The maximum absolute atomic E-state index is 11.7. The van der Waals surface area contributed by atoms with E-state index >= 15 is 0 Å². The Balaban J connectivity index is 1.65. The maximum atomic E-state index is 11.7. The van der Waals surface area contributed by atoms with Crippen LogP contribution in [0.25, 0.3) is 0 Å². The molecule has 0 atom stereocenters. The average molecular weight is 279 g/mol. The smallest absolute Gasteiger partial charge is 0.225 e. The van der Waals surface area contributed by atoms with Gasteiger partial charge in [0.05, 0.1) is 12.8 Å². The van der Waals surface area contributed by atoms with Crippen molar-refractivity contribution in [1.29, 1.82) is 0 Å². The van der Waals surface area contributed by atoms with E-state index in [1.54, 1.807) is 30.5 Å². The molecule has 1 amide bonds. The molecule has 1 aromatic carbocycles. The molecular weight excluding hydrogens is 264 g/mol. The van der Waals surface area contributed by atoms with Crippen LogP contribution in [-0.4, -0.2) is 12.5 Å². The number of hydrogen-bond acceptors (Lipinski definition) is 3. The van der Waals surface area contributed by atoms with Gasteiger partial charge in [0.25, 0.3) is 0 Å². The lowest BCUT2D eigenvalue weighted by atomic mass is 10.3. The predicted molar refractivity (Wildman–Crippen MR) is 75.1 cm³/mol. The quantitative estimate of drug-likeness (QED) is 0.799. The molecule has 5 heteroatoms. The molecule has 1 aromatic heterocycles. The minimum Gasteiger partial charge on any atom is -0.468 e. The minimum absolute atomic E-state index is 0.0331. The summed E-state index contributed by atoms with van der Waals surface area (Å²) in [5.41, 5.74) is 0.750. The molecule has 0 aliphatic rings. The van der Waals surface area contributed by atoms with Crippen LogP contribution >= 0.6 is 11.6 Å². The third-order valence-electron chi connectivity index (χ3n) is 2.54. The van der Waals surface area contributed by atoms with Gasteiger partial charge in [-0.25, -0.2) is 0 Å². The third kappa shape index (κ3) is 4.77. The second kappa shape index (κ2) is 6.97. The van der Waals surface area contributed by atoms with Crippen LogP contribution in [0.5, 0.6) is 0 Å². The molecule has 4 nitrogen and oxygen atoms in total. The van der Waals surface area contributed by atoms with E-state index in [4.69, 9.17) is 16.0 Å². The first-order valence-electron chi connectivity index (χ1n) is 6.02. The summed E-state index contributed by atoms with van der Waals surface area (Å²) in [5.74, 6) is 0.826. The van der Waals surface area contributed by atoms with Gasteiger partial charge < -0.3 is 15.1 Å². The summed E-state index contributed by atoms with van der Waals surface area (Å²) >= 11 is 5.77. The van der Waals surface area contributed by atoms with Crippen molar-refractivity contribution in [2.75, 3.05) is 11.9 Å². The average Bonchev–Trinajstić information content (AvgIpc) is 2.91. The van der Waals surface area contributed by atoms with Gasteiger partial charge in [-0.15, -0.1) is 0 Å². The Bertz CT molecular complexity index is 509. The van der Waals surface area contributed by atoms with Gasteiger partial charge in [0.2, 0.25) is 5.91 Å². The number of halogens is 1. The summed E-state index contributed by atoms with van der Waals surface area (Å²) in [7, 11) is 0. The van der Waals surface area contributed by atoms with Crippen LogP contribution in [0.15, 0.2) is 47.1 Å². The van der Waals surface area contributed by atoms with Gasteiger partial charge >= 0.3 is 0 Å². The first-order valence-corrected chi connectivity index (χ1v) is 6.40. The molecule has 2 N–H and O–H groups in total. The highest BCUT2D eigenvalue weighted by Gasteiger charge is 2.02. The molecule has 0 saturated heterocycles. The fourth-order valence-corrected chi connectivity index (χ4v) is 1.71. The van der Waals surface area contributed by atoms with E-state index in [1.165, 1.54) is 0 Å². The van der Waals surface area contributed by atoms with Crippen molar-refractivity contribution in [1.82, 2.24) is 5.32 Å². The van der Waals surface area contributed by atoms with Gasteiger partial charge in [-0.1, -0.05) is 11.6 Å². The molecule has 100 valence electrons. The van der Waals surface area contributed by atoms with E-state index in [9.17, 15) is 4.79 Å². The Hall–Kier alpha value is -1.78. The van der Waals surface area contributed by atoms with Gasteiger partial charge in [0, 0.05) is 23.7 Å². The fraction of sp³-hybridized carbons (Fsp3) is 0.214. The molecule has 0 aliphatic heterocycles. The summed E-state index contributed by atoms with van der Waals surface area (Å²) in [6, 6.07) is 10.8. The van der Waals surface area contributed by atoms with Crippen molar-refractivity contribution in [3.63, 3.8) is 0 Å². The first kappa shape index (κ1) is 13.6.